The Morgan fingerprint density at radius 3 is 2.67 bits per heavy atom. The van der Waals surface area contributed by atoms with E-state index in [-0.39, 0.29) is 5.82 Å². The van der Waals surface area contributed by atoms with Gasteiger partial charge in [0.25, 0.3) is 0 Å². The summed E-state index contributed by atoms with van der Waals surface area (Å²) in [5.74, 6) is 1.60. The van der Waals surface area contributed by atoms with Gasteiger partial charge in [-0.05, 0) is 44.4 Å². The van der Waals surface area contributed by atoms with E-state index in [0.717, 1.165) is 36.5 Å². The van der Waals surface area contributed by atoms with Crippen LogP contribution in [0.2, 0.25) is 0 Å². The fourth-order valence-electron chi connectivity index (χ4n) is 4.05. The highest BCUT2D eigenvalue weighted by atomic mass is 19.1. The van der Waals surface area contributed by atoms with E-state index >= 15 is 0 Å². The Kier molecular flexibility index (Phi) is 7.20. The molecule has 0 spiro atoms. The Morgan fingerprint density at radius 2 is 1.89 bits per heavy atom. The molecular formula is C27H29FN6O2. The number of halogens is 1. The molecule has 9 heteroatoms. The zero-order valence-electron chi connectivity index (χ0n) is 20.4. The molecule has 1 aliphatic heterocycles. The van der Waals surface area contributed by atoms with E-state index in [0.29, 0.717) is 48.2 Å². The summed E-state index contributed by atoms with van der Waals surface area (Å²) in [7, 11) is 3.96. The first-order valence-electron chi connectivity index (χ1n) is 12.0. The summed E-state index contributed by atoms with van der Waals surface area (Å²) in [5.41, 5.74) is 2.53. The second-order valence-corrected chi connectivity index (χ2v) is 8.86. The van der Waals surface area contributed by atoms with Crippen LogP contribution in [0.3, 0.4) is 0 Å². The predicted molar refractivity (Wildman–Crippen MR) is 140 cm³/mol. The first-order chi connectivity index (χ1) is 17.6. The predicted octanol–water partition coefficient (Wildman–Crippen LogP) is 4.35. The molecule has 0 saturated carbocycles. The third-order valence-electron chi connectivity index (χ3n) is 5.99. The minimum absolute atomic E-state index is 0.335. The average Bonchev–Trinajstić information content (AvgIpc) is 2.90. The van der Waals surface area contributed by atoms with Crippen molar-refractivity contribution in [1.82, 2.24) is 19.9 Å². The van der Waals surface area contributed by atoms with E-state index in [4.69, 9.17) is 14.5 Å². The maximum Gasteiger partial charge on any atom is 0.227 e. The van der Waals surface area contributed by atoms with Crippen LogP contribution >= 0.6 is 0 Å². The molecule has 0 unspecified atom stereocenters. The Balaban J connectivity index is 1.40. The number of hydrogen-bond acceptors (Lipinski definition) is 8. The molecule has 0 amide bonds. The number of para-hydroxylation sites is 1. The van der Waals surface area contributed by atoms with Gasteiger partial charge >= 0.3 is 0 Å². The molecule has 1 saturated heterocycles. The molecule has 8 nitrogen and oxygen atoms in total. The summed E-state index contributed by atoms with van der Waals surface area (Å²) >= 11 is 0. The van der Waals surface area contributed by atoms with E-state index in [1.54, 1.807) is 24.5 Å². The lowest BCUT2D eigenvalue weighted by atomic mass is 10.0. The maximum absolute atomic E-state index is 14.9. The molecule has 0 radical (unpaired) electrons. The van der Waals surface area contributed by atoms with Crippen LogP contribution in [0.5, 0.6) is 5.75 Å². The molecule has 1 aliphatic rings. The SMILES string of the molecule is CN(C)CCOc1ccc(F)c(-c2cccc3cnc(Nc4ccc(N5CCOCC5)nc4)nc23)c1. The van der Waals surface area contributed by atoms with Gasteiger partial charge in [0, 0.05) is 42.3 Å². The number of pyridine rings is 1. The fourth-order valence-corrected chi connectivity index (χ4v) is 4.05. The molecule has 0 atom stereocenters. The molecule has 0 bridgehead atoms. The number of morpholine rings is 1. The standard InChI is InChI=1S/C27H29FN6O2/c1-33(2)10-15-36-21-7-8-24(28)23(16-21)22-5-3-4-19-17-30-27(32-26(19)22)31-20-6-9-25(29-18-20)34-11-13-35-14-12-34/h3-9,16-18H,10-15H2,1-2H3,(H,30,31,32). The zero-order chi connectivity index (χ0) is 24.9. The van der Waals surface area contributed by atoms with Crippen molar-refractivity contribution in [1.29, 1.82) is 0 Å². The Morgan fingerprint density at radius 1 is 1.03 bits per heavy atom. The molecule has 4 aromatic rings. The summed E-state index contributed by atoms with van der Waals surface area (Å²) in [5, 5.41) is 4.04. The minimum atomic E-state index is -0.335. The van der Waals surface area contributed by atoms with Crippen molar-refractivity contribution < 1.29 is 13.9 Å². The molecule has 186 valence electrons. The van der Waals surface area contributed by atoms with E-state index in [9.17, 15) is 4.39 Å². The first-order valence-corrected chi connectivity index (χ1v) is 12.0. The molecule has 3 heterocycles. The van der Waals surface area contributed by atoms with Gasteiger partial charge in [0.1, 0.15) is 24.0 Å². The van der Waals surface area contributed by atoms with Crippen molar-refractivity contribution in [2.24, 2.45) is 0 Å². The molecule has 2 aromatic carbocycles. The van der Waals surface area contributed by atoms with Gasteiger partial charge in [-0.15, -0.1) is 0 Å². The molecule has 1 N–H and O–H groups in total. The summed E-state index contributed by atoms with van der Waals surface area (Å²) in [6, 6.07) is 14.4. The van der Waals surface area contributed by atoms with Gasteiger partial charge in [-0.2, -0.15) is 0 Å². The fraction of sp³-hybridized carbons (Fsp3) is 0.296. The maximum atomic E-state index is 14.9. The highest BCUT2D eigenvalue weighted by Gasteiger charge is 2.14. The normalized spacial score (nSPS) is 13.8. The number of fused-ring (bicyclic) bond motifs is 1. The Bertz CT molecular complexity index is 1330. The molecular weight excluding hydrogens is 459 g/mol. The zero-order valence-corrected chi connectivity index (χ0v) is 20.4. The van der Waals surface area contributed by atoms with Crippen molar-refractivity contribution in [2.45, 2.75) is 0 Å². The number of hydrogen-bond donors (Lipinski definition) is 1. The highest BCUT2D eigenvalue weighted by Crippen LogP contribution is 2.32. The number of nitrogens with zero attached hydrogens (tertiary/aromatic N) is 5. The number of anilines is 3. The van der Waals surface area contributed by atoms with Gasteiger partial charge < -0.3 is 24.6 Å². The number of rotatable bonds is 8. The van der Waals surface area contributed by atoms with Crippen molar-refractivity contribution in [3.8, 4) is 16.9 Å². The lowest BCUT2D eigenvalue weighted by Gasteiger charge is -2.27. The van der Waals surface area contributed by atoms with Crippen LogP contribution in [0, 0.1) is 5.82 Å². The van der Waals surface area contributed by atoms with Gasteiger partial charge in [-0.25, -0.2) is 19.3 Å². The minimum Gasteiger partial charge on any atom is -0.492 e. The van der Waals surface area contributed by atoms with E-state index in [1.807, 2.05) is 49.3 Å². The lowest BCUT2D eigenvalue weighted by molar-refractivity contribution is 0.122. The van der Waals surface area contributed by atoms with Crippen LogP contribution in [-0.2, 0) is 4.74 Å². The number of benzene rings is 2. The van der Waals surface area contributed by atoms with E-state index in [2.05, 4.69) is 20.2 Å². The number of aromatic nitrogens is 3. The molecule has 0 aliphatic carbocycles. The summed E-state index contributed by atoms with van der Waals surface area (Å²) in [6.07, 6.45) is 3.50. The van der Waals surface area contributed by atoms with Gasteiger partial charge in [0.15, 0.2) is 0 Å². The van der Waals surface area contributed by atoms with E-state index in [1.165, 1.54) is 6.07 Å². The first kappa shape index (κ1) is 23.9. The molecule has 36 heavy (non-hydrogen) atoms. The van der Waals surface area contributed by atoms with Gasteiger partial charge in [0.05, 0.1) is 30.6 Å². The number of nitrogens with one attached hydrogen (secondary N) is 1. The van der Waals surface area contributed by atoms with Gasteiger partial charge in [-0.3, -0.25) is 0 Å². The Hall–Kier alpha value is -3.82. The molecule has 2 aromatic heterocycles. The topological polar surface area (TPSA) is 75.6 Å². The second kappa shape index (κ2) is 10.8. The van der Waals surface area contributed by atoms with Crippen molar-refractivity contribution in [2.75, 3.05) is 63.8 Å². The summed E-state index contributed by atoms with van der Waals surface area (Å²) in [6.45, 7) is 4.36. The smallest absolute Gasteiger partial charge is 0.227 e. The molecule has 5 rings (SSSR count). The monoisotopic (exact) mass is 488 g/mol. The summed E-state index contributed by atoms with van der Waals surface area (Å²) < 4.78 is 26.2. The van der Waals surface area contributed by atoms with Crippen LogP contribution in [0.1, 0.15) is 0 Å². The quantitative estimate of drug-likeness (QED) is 0.392. The van der Waals surface area contributed by atoms with Crippen molar-refractivity contribution in [3.63, 3.8) is 0 Å². The second-order valence-electron chi connectivity index (χ2n) is 8.86. The summed E-state index contributed by atoms with van der Waals surface area (Å²) in [4.78, 5) is 18.0. The van der Waals surface area contributed by atoms with Crippen LogP contribution in [0.25, 0.3) is 22.0 Å². The van der Waals surface area contributed by atoms with Gasteiger partial charge in [-0.1, -0.05) is 18.2 Å². The van der Waals surface area contributed by atoms with Crippen LogP contribution < -0.4 is 15.0 Å². The largest absolute Gasteiger partial charge is 0.492 e. The Labute approximate surface area is 209 Å². The highest BCUT2D eigenvalue weighted by molar-refractivity contribution is 5.94. The van der Waals surface area contributed by atoms with Crippen LogP contribution in [-0.4, -0.2) is 73.4 Å². The van der Waals surface area contributed by atoms with E-state index < -0.39 is 0 Å². The third kappa shape index (κ3) is 5.53. The van der Waals surface area contributed by atoms with Crippen LogP contribution in [0.15, 0.2) is 60.9 Å². The average molecular weight is 489 g/mol. The third-order valence-corrected chi connectivity index (χ3v) is 5.99. The van der Waals surface area contributed by atoms with Crippen molar-refractivity contribution >= 4 is 28.4 Å². The van der Waals surface area contributed by atoms with Crippen molar-refractivity contribution in [3.05, 3.63) is 66.7 Å². The lowest BCUT2D eigenvalue weighted by Crippen LogP contribution is -2.36. The number of ether oxygens (including phenoxy) is 2. The number of likely N-dealkylation sites (N-methyl/N-ethyl adjacent to an activating group) is 1. The van der Waals surface area contributed by atoms with Crippen LogP contribution in [0.4, 0.5) is 21.8 Å². The van der Waals surface area contributed by atoms with Gasteiger partial charge in [0.2, 0.25) is 5.95 Å². The molecule has 1 fully saturated rings.